The molecular formula is C16H19FN4O2. The molecule has 1 aromatic carbocycles. The van der Waals surface area contributed by atoms with Crippen LogP contribution in [0.3, 0.4) is 0 Å². The minimum absolute atomic E-state index is 0.00613. The van der Waals surface area contributed by atoms with E-state index in [9.17, 15) is 14.3 Å². The molecule has 3 rings (SSSR count). The van der Waals surface area contributed by atoms with Crippen LogP contribution < -0.4 is 5.32 Å². The maximum Gasteiger partial charge on any atom is 0.278 e. The van der Waals surface area contributed by atoms with Crippen molar-refractivity contribution < 1.29 is 14.3 Å². The highest BCUT2D eigenvalue weighted by Gasteiger charge is 2.31. The smallest absolute Gasteiger partial charge is 0.278 e. The summed E-state index contributed by atoms with van der Waals surface area (Å²) in [5, 5.41) is 17.6. The molecule has 0 saturated carbocycles. The van der Waals surface area contributed by atoms with E-state index in [4.69, 9.17) is 0 Å². The number of benzene rings is 1. The molecule has 1 aliphatic heterocycles. The van der Waals surface area contributed by atoms with Gasteiger partial charge in [-0.1, -0.05) is 0 Å². The van der Waals surface area contributed by atoms with Crippen LogP contribution in [0.15, 0.2) is 30.5 Å². The standard InChI is InChI=1S/C16H19FN4O2/c1-10-11(2)20(8-7-18-10)16(23)15-14(22)9-21(19-15)13-5-3-12(17)4-6-13/h3-6,9-11,18,22H,7-8H2,1-2H3. The quantitative estimate of drug-likeness (QED) is 0.881. The van der Waals surface area contributed by atoms with Gasteiger partial charge < -0.3 is 15.3 Å². The minimum Gasteiger partial charge on any atom is -0.504 e. The van der Waals surface area contributed by atoms with Gasteiger partial charge in [0.05, 0.1) is 11.9 Å². The van der Waals surface area contributed by atoms with Gasteiger partial charge in [-0.05, 0) is 38.1 Å². The number of piperazine rings is 1. The Morgan fingerprint density at radius 3 is 2.74 bits per heavy atom. The largest absolute Gasteiger partial charge is 0.504 e. The molecule has 2 aromatic rings. The lowest BCUT2D eigenvalue weighted by molar-refractivity contribution is 0.0593. The lowest BCUT2D eigenvalue weighted by Crippen LogP contribution is -2.57. The summed E-state index contributed by atoms with van der Waals surface area (Å²) in [6, 6.07) is 5.85. The zero-order valence-electron chi connectivity index (χ0n) is 13.0. The predicted molar refractivity (Wildman–Crippen MR) is 83.2 cm³/mol. The molecular weight excluding hydrogens is 299 g/mol. The summed E-state index contributed by atoms with van der Waals surface area (Å²) >= 11 is 0. The van der Waals surface area contributed by atoms with Crippen LogP contribution in [0.2, 0.25) is 0 Å². The Bertz CT molecular complexity index is 713. The second kappa shape index (κ2) is 6.00. The second-order valence-electron chi connectivity index (χ2n) is 5.77. The van der Waals surface area contributed by atoms with Crippen molar-refractivity contribution in [1.29, 1.82) is 0 Å². The topological polar surface area (TPSA) is 70.4 Å². The van der Waals surface area contributed by atoms with E-state index >= 15 is 0 Å². The van der Waals surface area contributed by atoms with Crippen molar-refractivity contribution in [2.75, 3.05) is 13.1 Å². The van der Waals surface area contributed by atoms with E-state index < -0.39 is 0 Å². The summed E-state index contributed by atoms with van der Waals surface area (Å²) in [6.07, 6.45) is 1.36. The van der Waals surface area contributed by atoms with Crippen LogP contribution in [0, 0.1) is 5.82 Å². The zero-order chi connectivity index (χ0) is 16.6. The maximum absolute atomic E-state index is 13.0. The Morgan fingerprint density at radius 2 is 2.04 bits per heavy atom. The molecule has 0 radical (unpaired) electrons. The van der Waals surface area contributed by atoms with Crippen LogP contribution in [-0.4, -0.2) is 50.9 Å². The van der Waals surface area contributed by atoms with Crippen LogP contribution in [0.25, 0.3) is 5.69 Å². The molecule has 0 spiro atoms. The number of carbonyl (C=O) groups excluding carboxylic acids is 1. The Hall–Kier alpha value is -2.41. The zero-order valence-corrected chi connectivity index (χ0v) is 13.0. The van der Waals surface area contributed by atoms with Gasteiger partial charge in [0.1, 0.15) is 5.82 Å². The first-order valence-electron chi connectivity index (χ1n) is 7.56. The van der Waals surface area contributed by atoms with Crippen LogP contribution in [0.4, 0.5) is 4.39 Å². The molecule has 2 heterocycles. The molecule has 2 atom stereocenters. The molecule has 2 unspecified atom stereocenters. The third-order valence-corrected chi connectivity index (χ3v) is 4.28. The fourth-order valence-corrected chi connectivity index (χ4v) is 2.72. The molecule has 1 aromatic heterocycles. The fourth-order valence-electron chi connectivity index (χ4n) is 2.72. The van der Waals surface area contributed by atoms with E-state index in [1.165, 1.54) is 35.1 Å². The number of nitrogens with one attached hydrogen (secondary N) is 1. The average Bonchev–Trinajstić information content (AvgIpc) is 2.92. The monoisotopic (exact) mass is 318 g/mol. The molecule has 2 N–H and O–H groups in total. The summed E-state index contributed by atoms with van der Waals surface area (Å²) in [5.74, 6) is -0.841. The summed E-state index contributed by atoms with van der Waals surface area (Å²) < 4.78 is 14.4. The number of aromatic nitrogens is 2. The third-order valence-electron chi connectivity index (χ3n) is 4.28. The van der Waals surface area contributed by atoms with Crippen molar-refractivity contribution >= 4 is 5.91 Å². The second-order valence-corrected chi connectivity index (χ2v) is 5.77. The number of nitrogens with zero attached hydrogens (tertiary/aromatic N) is 3. The van der Waals surface area contributed by atoms with Gasteiger partial charge in [-0.15, -0.1) is 0 Å². The molecule has 6 nitrogen and oxygen atoms in total. The van der Waals surface area contributed by atoms with Crippen molar-refractivity contribution in [3.05, 3.63) is 42.0 Å². The van der Waals surface area contributed by atoms with Crippen molar-refractivity contribution in [2.24, 2.45) is 0 Å². The molecule has 122 valence electrons. The number of amides is 1. The van der Waals surface area contributed by atoms with Gasteiger partial charge in [-0.2, -0.15) is 5.10 Å². The number of rotatable bonds is 2. The van der Waals surface area contributed by atoms with Crippen LogP contribution in [0.1, 0.15) is 24.3 Å². The van der Waals surface area contributed by atoms with Crippen molar-refractivity contribution in [2.45, 2.75) is 25.9 Å². The van der Waals surface area contributed by atoms with Gasteiger partial charge in [0.2, 0.25) is 0 Å². The van der Waals surface area contributed by atoms with Gasteiger partial charge in [-0.3, -0.25) is 4.79 Å². The van der Waals surface area contributed by atoms with E-state index in [0.29, 0.717) is 18.8 Å². The van der Waals surface area contributed by atoms with E-state index in [2.05, 4.69) is 10.4 Å². The van der Waals surface area contributed by atoms with Gasteiger partial charge in [0.15, 0.2) is 11.4 Å². The van der Waals surface area contributed by atoms with Crippen LogP contribution in [0.5, 0.6) is 5.75 Å². The summed E-state index contributed by atoms with van der Waals surface area (Å²) in [7, 11) is 0. The first-order valence-corrected chi connectivity index (χ1v) is 7.56. The van der Waals surface area contributed by atoms with E-state index in [0.717, 1.165) is 0 Å². The highest BCUT2D eigenvalue weighted by atomic mass is 19.1. The molecule has 1 amide bonds. The van der Waals surface area contributed by atoms with Gasteiger partial charge in [0, 0.05) is 25.2 Å². The Morgan fingerprint density at radius 1 is 1.35 bits per heavy atom. The SMILES string of the molecule is CC1NCCN(C(=O)c2nn(-c3ccc(F)cc3)cc2O)C1C. The minimum atomic E-state index is -0.356. The number of halogens is 1. The number of aromatic hydroxyl groups is 1. The van der Waals surface area contributed by atoms with Gasteiger partial charge in [-0.25, -0.2) is 9.07 Å². The highest BCUT2D eigenvalue weighted by molar-refractivity contribution is 5.95. The Balaban J connectivity index is 1.88. The van der Waals surface area contributed by atoms with E-state index in [1.54, 1.807) is 4.90 Å². The highest BCUT2D eigenvalue weighted by Crippen LogP contribution is 2.22. The lowest BCUT2D eigenvalue weighted by atomic mass is 10.1. The summed E-state index contributed by atoms with van der Waals surface area (Å²) in [4.78, 5) is 14.4. The predicted octanol–water partition coefficient (Wildman–Crippen LogP) is 1.54. The molecule has 1 aliphatic rings. The fraction of sp³-hybridized carbons (Fsp3) is 0.375. The van der Waals surface area contributed by atoms with Crippen LogP contribution in [-0.2, 0) is 0 Å². The number of carbonyl (C=O) groups is 1. The molecule has 7 heteroatoms. The molecule has 1 saturated heterocycles. The first kappa shape index (κ1) is 15.5. The summed E-state index contributed by atoms with van der Waals surface area (Å²) in [5.41, 5.74) is 0.581. The first-order chi connectivity index (χ1) is 11.0. The van der Waals surface area contributed by atoms with Crippen molar-refractivity contribution in [1.82, 2.24) is 20.0 Å². The summed E-state index contributed by atoms with van der Waals surface area (Å²) in [6.45, 7) is 5.24. The van der Waals surface area contributed by atoms with Crippen LogP contribution >= 0.6 is 0 Å². The number of hydrogen-bond donors (Lipinski definition) is 2. The lowest BCUT2D eigenvalue weighted by Gasteiger charge is -2.38. The van der Waals surface area contributed by atoms with Gasteiger partial charge in [0.25, 0.3) is 5.91 Å². The van der Waals surface area contributed by atoms with Crippen molar-refractivity contribution in [3.63, 3.8) is 0 Å². The molecule has 0 aliphatic carbocycles. The number of hydrogen-bond acceptors (Lipinski definition) is 4. The van der Waals surface area contributed by atoms with E-state index in [-0.39, 0.29) is 35.3 Å². The Labute approximate surface area is 133 Å². The van der Waals surface area contributed by atoms with Crippen molar-refractivity contribution in [3.8, 4) is 11.4 Å². The molecule has 0 bridgehead atoms. The molecule has 1 fully saturated rings. The van der Waals surface area contributed by atoms with Gasteiger partial charge >= 0.3 is 0 Å². The van der Waals surface area contributed by atoms with E-state index in [1.807, 2.05) is 13.8 Å². The normalized spacial score (nSPS) is 21.4. The maximum atomic E-state index is 13.0. The average molecular weight is 318 g/mol. The Kier molecular flexibility index (Phi) is 4.04. The molecule has 23 heavy (non-hydrogen) atoms. The third kappa shape index (κ3) is 2.92.